The van der Waals surface area contributed by atoms with E-state index in [9.17, 15) is 9.59 Å². The summed E-state index contributed by atoms with van der Waals surface area (Å²) in [5.74, 6) is 0.231. The monoisotopic (exact) mass is 484 g/mol. The first-order valence-electron chi connectivity index (χ1n) is 13.5. The molecule has 0 spiro atoms. The van der Waals surface area contributed by atoms with Gasteiger partial charge in [-0.2, -0.15) is 0 Å². The van der Waals surface area contributed by atoms with Crippen LogP contribution in [0.4, 0.5) is 0 Å². The van der Waals surface area contributed by atoms with Crippen molar-refractivity contribution in [3.05, 3.63) is 48.1 Å². The zero-order valence-corrected chi connectivity index (χ0v) is 22.0. The van der Waals surface area contributed by atoms with Crippen molar-refractivity contribution in [2.24, 2.45) is 11.8 Å². The molecule has 3 heterocycles. The predicted octanol–water partition coefficient (Wildman–Crippen LogP) is 6.43. The molecular weight excluding hydrogens is 440 g/mol. The second-order valence-electron chi connectivity index (χ2n) is 10.6. The molecule has 5 nitrogen and oxygen atoms in total. The lowest BCUT2D eigenvalue weighted by atomic mass is 9.91. The molecular formula is C30H44O5. The van der Waals surface area contributed by atoms with E-state index in [2.05, 4.69) is 45.9 Å². The summed E-state index contributed by atoms with van der Waals surface area (Å²) in [5.41, 5.74) is 1.31. The molecule has 0 aromatic heterocycles. The molecule has 3 unspecified atom stereocenters. The summed E-state index contributed by atoms with van der Waals surface area (Å²) in [6.07, 6.45) is 20.5. The lowest BCUT2D eigenvalue weighted by molar-refractivity contribution is -0.158. The van der Waals surface area contributed by atoms with Crippen LogP contribution in [0.25, 0.3) is 0 Å². The Kier molecular flexibility index (Phi) is 11.0. The van der Waals surface area contributed by atoms with E-state index in [1.165, 1.54) is 5.57 Å². The first-order chi connectivity index (χ1) is 16.8. The maximum absolute atomic E-state index is 12.9. The maximum atomic E-state index is 12.9. The Labute approximate surface area is 211 Å². The summed E-state index contributed by atoms with van der Waals surface area (Å²) in [7, 11) is 0. The fourth-order valence-electron chi connectivity index (χ4n) is 5.09. The third-order valence-electron chi connectivity index (χ3n) is 7.28. The molecule has 5 heteroatoms. The van der Waals surface area contributed by atoms with Gasteiger partial charge in [0.15, 0.2) is 0 Å². The first-order valence-corrected chi connectivity index (χ1v) is 13.5. The summed E-state index contributed by atoms with van der Waals surface area (Å²) in [6.45, 7) is 8.53. The minimum Gasteiger partial charge on any atom is -0.457 e. The fourth-order valence-corrected chi connectivity index (χ4v) is 5.09. The van der Waals surface area contributed by atoms with Crippen molar-refractivity contribution in [3.8, 4) is 0 Å². The number of Topliss-reactive ketones (excluding diaryl/α,β-unsaturated/α-hetero) is 1. The lowest BCUT2D eigenvalue weighted by Gasteiger charge is -2.36. The molecule has 0 N–H and O–H groups in total. The molecule has 2 saturated heterocycles. The molecule has 0 radical (unpaired) electrons. The molecule has 0 aromatic carbocycles. The smallest absolute Gasteiger partial charge is 0.309 e. The average Bonchev–Trinajstić information content (AvgIpc) is 2.80. The van der Waals surface area contributed by atoms with Crippen molar-refractivity contribution < 1.29 is 23.8 Å². The highest BCUT2D eigenvalue weighted by Gasteiger charge is 2.34. The number of hydrogen-bond donors (Lipinski definition) is 0. The van der Waals surface area contributed by atoms with Crippen molar-refractivity contribution in [2.45, 2.75) is 116 Å². The van der Waals surface area contributed by atoms with E-state index in [4.69, 9.17) is 14.2 Å². The third-order valence-corrected chi connectivity index (χ3v) is 7.28. The van der Waals surface area contributed by atoms with Crippen LogP contribution in [0.1, 0.15) is 85.5 Å². The van der Waals surface area contributed by atoms with Crippen LogP contribution in [-0.2, 0) is 23.8 Å². The number of ether oxygens (including phenoxy) is 3. The van der Waals surface area contributed by atoms with Gasteiger partial charge in [0.1, 0.15) is 11.9 Å². The Hall–Kier alpha value is -1.98. The minimum absolute atomic E-state index is 0.0218. The molecule has 7 atom stereocenters. The number of esters is 1. The number of hydrogen-bond acceptors (Lipinski definition) is 5. The van der Waals surface area contributed by atoms with Crippen LogP contribution in [0.2, 0.25) is 0 Å². The van der Waals surface area contributed by atoms with E-state index in [1.54, 1.807) is 0 Å². The standard InChI is InChI=1S/C30H44O5/c1-5-21(2)10-7-6-8-13-29-23(4)15-14-22(3)16-25-11-9-12-26(33-25)19-27-17-24(31)18-28(34-27)20-30(32)35-29/h6-8,10,13-15,22-23,25-29H,5,9,11-12,16-20H2,1-4H3/b7-6-,13-8+,15-14+,21-10+/t22-,23-,25+,26?,27+,28?,29?/m0/s1. The second-order valence-corrected chi connectivity index (χ2v) is 10.6. The van der Waals surface area contributed by atoms with Gasteiger partial charge in [-0.3, -0.25) is 9.59 Å². The largest absolute Gasteiger partial charge is 0.457 e. The molecule has 0 saturated carbocycles. The van der Waals surface area contributed by atoms with Crippen LogP contribution in [0, 0.1) is 11.8 Å². The summed E-state index contributed by atoms with van der Waals surface area (Å²) in [6, 6.07) is 0. The van der Waals surface area contributed by atoms with E-state index in [-0.39, 0.29) is 54.9 Å². The summed E-state index contributed by atoms with van der Waals surface area (Å²) in [4.78, 5) is 25.3. The summed E-state index contributed by atoms with van der Waals surface area (Å²) in [5, 5.41) is 0. The van der Waals surface area contributed by atoms with Crippen molar-refractivity contribution >= 4 is 11.8 Å². The topological polar surface area (TPSA) is 61.8 Å². The fraction of sp³-hybridized carbons (Fsp3) is 0.667. The second kappa shape index (κ2) is 13.9. The van der Waals surface area contributed by atoms with Gasteiger partial charge in [-0.1, -0.05) is 62.8 Å². The molecule has 194 valence electrons. The Bertz CT molecular complexity index is 823. The van der Waals surface area contributed by atoms with Gasteiger partial charge < -0.3 is 14.2 Å². The molecule has 0 aliphatic carbocycles. The quantitative estimate of drug-likeness (QED) is 0.261. The maximum Gasteiger partial charge on any atom is 0.309 e. The minimum atomic E-state index is -0.418. The van der Waals surface area contributed by atoms with Gasteiger partial charge in [0.2, 0.25) is 0 Å². The highest BCUT2D eigenvalue weighted by Crippen LogP contribution is 2.31. The van der Waals surface area contributed by atoms with Gasteiger partial charge in [-0.15, -0.1) is 0 Å². The summed E-state index contributed by atoms with van der Waals surface area (Å²) < 4.78 is 18.5. The van der Waals surface area contributed by atoms with Gasteiger partial charge in [0.25, 0.3) is 0 Å². The number of fused-ring (bicyclic) bond motifs is 4. The van der Waals surface area contributed by atoms with Crippen LogP contribution >= 0.6 is 0 Å². The molecule has 3 aliphatic heterocycles. The Morgan fingerprint density at radius 2 is 1.63 bits per heavy atom. The normalized spacial score (nSPS) is 36.9. The summed E-state index contributed by atoms with van der Waals surface area (Å²) >= 11 is 0. The molecule has 0 aromatic rings. The molecule has 3 aliphatic rings. The molecule has 4 bridgehead atoms. The van der Waals surface area contributed by atoms with Crippen LogP contribution in [0.5, 0.6) is 0 Å². The Morgan fingerprint density at radius 3 is 2.40 bits per heavy atom. The van der Waals surface area contributed by atoms with Crippen LogP contribution in [-0.4, -0.2) is 42.3 Å². The molecule has 35 heavy (non-hydrogen) atoms. The van der Waals surface area contributed by atoms with Gasteiger partial charge in [0.05, 0.1) is 30.8 Å². The molecule has 3 rings (SSSR count). The van der Waals surface area contributed by atoms with E-state index in [0.29, 0.717) is 12.3 Å². The first kappa shape index (κ1) is 27.6. The van der Waals surface area contributed by atoms with E-state index in [0.717, 1.165) is 38.5 Å². The highest BCUT2D eigenvalue weighted by molar-refractivity contribution is 5.81. The van der Waals surface area contributed by atoms with Crippen LogP contribution < -0.4 is 0 Å². The Morgan fingerprint density at radius 1 is 0.914 bits per heavy atom. The number of carbonyl (C=O) groups is 2. The third kappa shape index (κ3) is 9.53. The molecule has 2 fully saturated rings. The number of rotatable bonds is 4. The number of carbonyl (C=O) groups excluding carboxylic acids is 2. The number of ketones is 1. The number of cyclic esters (lactones) is 1. The zero-order valence-electron chi connectivity index (χ0n) is 22.0. The average molecular weight is 485 g/mol. The predicted molar refractivity (Wildman–Crippen MR) is 139 cm³/mol. The number of allylic oxidation sites excluding steroid dienone is 6. The Balaban J connectivity index is 1.76. The highest BCUT2D eigenvalue weighted by atomic mass is 16.5. The van der Waals surface area contributed by atoms with Gasteiger partial charge in [-0.25, -0.2) is 0 Å². The SMILES string of the molecule is CC/C(C)=C/C=C\C=C\C1OC(=O)CC2CC(=O)C[C@H](CC3CCC[C@H](C[C@@H](C)/C=C/[C@@H]1C)O3)O2. The van der Waals surface area contributed by atoms with Crippen molar-refractivity contribution in [1.29, 1.82) is 0 Å². The van der Waals surface area contributed by atoms with Crippen molar-refractivity contribution in [3.63, 3.8) is 0 Å². The lowest BCUT2D eigenvalue weighted by Crippen LogP contribution is -2.39. The van der Waals surface area contributed by atoms with Crippen molar-refractivity contribution in [2.75, 3.05) is 0 Å². The van der Waals surface area contributed by atoms with Gasteiger partial charge >= 0.3 is 5.97 Å². The zero-order chi connectivity index (χ0) is 25.2. The van der Waals surface area contributed by atoms with Gasteiger partial charge in [0, 0.05) is 25.2 Å². The van der Waals surface area contributed by atoms with Crippen LogP contribution in [0.15, 0.2) is 48.1 Å². The van der Waals surface area contributed by atoms with Gasteiger partial charge in [-0.05, 0) is 51.0 Å². The van der Waals surface area contributed by atoms with E-state index < -0.39 is 6.10 Å². The van der Waals surface area contributed by atoms with Crippen molar-refractivity contribution in [1.82, 2.24) is 0 Å². The molecule has 0 amide bonds. The van der Waals surface area contributed by atoms with Crippen LogP contribution in [0.3, 0.4) is 0 Å². The van der Waals surface area contributed by atoms with E-state index in [1.807, 2.05) is 24.3 Å². The van der Waals surface area contributed by atoms with E-state index >= 15 is 0 Å².